The monoisotopic (exact) mass is 577 g/mol. The standard InChI is InChI=1S/C15H18F3N7O6S4/c16-15(17,18)33-5-8(26)20-9-11(27)25-10(13(28)29)6(4-32-12(9)25)7(2-1-3-35(19,30)31)34-14-21-23-24-22-14/h7,9,12H,1-5H2,(H,20,26)(H,28,29)(H2,19,30,31)(H,21,22,23,24)/t7?,9?,12-/m0/s1. The minimum Gasteiger partial charge on any atom is -0.477 e. The number of primary sulfonamides is 1. The van der Waals surface area contributed by atoms with Crippen LogP contribution in [-0.4, -0.2) is 96.3 Å². The molecule has 1 fully saturated rings. The highest BCUT2D eigenvalue weighted by Crippen LogP contribution is 2.44. The number of carbonyl (C=O) groups excluding carboxylic acids is 2. The molecule has 1 aromatic heterocycles. The number of amides is 2. The zero-order chi connectivity index (χ0) is 26.0. The molecule has 1 aromatic rings. The van der Waals surface area contributed by atoms with Crippen LogP contribution >= 0.6 is 35.3 Å². The second kappa shape index (κ2) is 10.9. The summed E-state index contributed by atoms with van der Waals surface area (Å²) >= 11 is 1.61. The molecule has 0 bridgehead atoms. The van der Waals surface area contributed by atoms with Gasteiger partial charge in [-0.05, 0) is 40.6 Å². The summed E-state index contributed by atoms with van der Waals surface area (Å²) < 4.78 is 59.6. The third-order valence-corrected chi connectivity index (χ3v) is 8.84. The lowest BCUT2D eigenvalue weighted by Gasteiger charge is -2.50. The van der Waals surface area contributed by atoms with Gasteiger partial charge in [0, 0.05) is 11.0 Å². The average Bonchev–Trinajstić information content (AvgIpc) is 3.26. The first-order chi connectivity index (χ1) is 16.3. The van der Waals surface area contributed by atoms with Crippen LogP contribution in [0.5, 0.6) is 0 Å². The Balaban J connectivity index is 1.79. The summed E-state index contributed by atoms with van der Waals surface area (Å²) in [7, 11) is -3.76. The average molecular weight is 578 g/mol. The zero-order valence-corrected chi connectivity index (χ0v) is 20.7. The number of carboxylic acid groups (broad SMARTS) is 1. The van der Waals surface area contributed by atoms with Crippen LogP contribution in [0.15, 0.2) is 16.4 Å². The molecular weight excluding hydrogens is 559 g/mol. The van der Waals surface area contributed by atoms with Gasteiger partial charge in [-0.3, -0.25) is 14.5 Å². The number of hydrogen-bond donors (Lipinski definition) is 4. The first-order valence-corrected chi connectivity index (χ1v) is 14.2. The lowest BCUT2D eigenvalue weighted by Crippen LogP contribution is -2.71. The Morgan fingerprint density at radius 2 is 2.11 bits per heavy atom. The number of nitrogens with two attached hydrogens (primary N) is 1. The highest BCUT2D eigenvalue weighted by atomic mass is 32.2. The third kappa shape index (κ3) is 7.24. The number of nitrogens with zero attached hydrogens (tertiary/aromatic N) is 4. The van der Waals surface area contributed by atoms with Crippen LogP contribution in [0.3, 0.4) is 0 Å². The summed E-state index contributed by atoms with van der Waals surface area (Å²) in [5.74, 6) is -4.41. The van der Waals surface area contributed by atoms with E-state index in [0.717, 1.165) is 28.4 Å². The van der Waals surface area contributed by atoms with Crippen molar-refractivity contribution in [1.82, 2.24) is 30.8 Å². The first kappa shape index (κ1) is 27.6. The predicted molar refractivity (Wildman–Crippen MR) is 119 cm³/mol. The molecule has 0 radical (unpaired) electrons. The number of hydrogen-bond acceptors (Lipinski definition) is 11. The summed E-state index contributed by atoms with van der Waals surface area (Å²) in [5.41, 5.74) is -4.65. The van der Waals surface area contributed by atoms with Crippen molar-refractivity contribution in [2.45, 2.75) is 40.2 Å². The number of carbonyl (C=O) groups is 3. The van der Waals surface area contributed by atoms with Crippen molar-refractivity contribution in [2.24, 2.45) is 5.14 Å². The molecule has 20 heteroatoms. The molecule has 0 saturated carbocycles. The number of aromatic nitrogens is 4. The highest BCUT2D eigenvalue weighted by Gasteiger charge is 2.54. The van der Waals surface area contributed by atoms with E-state index in [1.807, 2.05) is 0 Å². The van der Waals surface area contributed by atoms with E-state index in [2.05, 4.69) is 25.9 Å². The number of fused-ring (bicyclic) bond motifs is 1. The largest absolute Gasteiger partial charge is 0.477 e. The molecule has 194 valence electrons. The van der Waals surface area contributed by atoms with Gasteiger partial charge < -0.3 is 10.4 Å². The topological polar surface area (TPSA) is 201 Å². The van der Waals surface area contributed by atoms with E-state index in [1.165, 1.54) is 0 Å². The summed E-state index contributed by atoms with van der Waals surface area (Å²) in [6, 6.07) is -1.18. The zero-order valence-electron chi connectivity index (χ0n) is 17.4. The number of halogens is 3. The molecule has 2 aliphatic heterocycles. The van der Waals surface area contributed by atoms with Crippen molar-refractivity contribution in [1.29, 1.82) is 0 Å². The number of H-pyrrole nitrogens is 1. The summed E-state index contributed by atoms with van der Waals surface area (Å²) in [4.78, 5) is 37.7. The quantitative estimate of drug-likeness (QED) is 0.198. The lowest BCUT2D eigenvalue weighted by molar-refractivity contribution is -0.150. The predicted octanol–water partition coefficient (Wildman–Crippen LogP) is -0.279. The fourth-order valence-corrected chi connectivity index (χ4v) is 6.91. The smallest absolute Gasteiger partial charge is 0.442 e. The van der Waals surface area contributed by atoms with Gasteiger partial charge in [0.1, 0.15) is 17.1 Å². The Morgan fingerprint density at radius 3 is 2.69 bits per heavy atom. The van der Waals surface area contributed by atoms with Gasteiger partial charge >= 0.3 is 11.5 Å². The second-order valence-electron chi connectivity index (χ2n) is 7.19. The van der Waals surface area contributed by atoms with Gasteiger partial charge in [-0.2, -0.15) is 13.2 Å². The molecular formula is C15H18F3N7O6S4. The molecule has 3 rings (SSSR count). The van der Waals surface area contributed by atoms with Gasteiger partial charge in [0.15, 0.2) is 0 Å². The van der Waals surface area contributed by atoms with Gasteiger partial charge in [0.25, 0.3) is 5.91 Å². The number of carboxylic acids is 1. The molecule has 0 aliphatic carbocycles. The number of thioether (sulfide) groups is 3. The lowest BCUT2D eigenvalue weighted by atomic mass is 10.00. The Morgan fingerprint density at radius 1 is 1.40 bits per heavy atom. The Labute approximate surface area is 208 Å². The van der Waals surface area contributed by atoms with Crippen molar-refractivity contribution in [3.8, 4) is 0 Å². The minimum atomic E-state index is -4.62. The molecule has 3 heterocycles. The second-order valence-corrected chi connectivity index (χ2v) is 12.3. The number of rotatable bonds is 11. The Bertz CT molecular complexity index is 1110. The molecule has 5 N–H and O–H groups in total. The molecule has 0 aromatic carbocycles. The molecule has 35 heavy (non-hydrogen) atoms. The first-order valence-electron chi connectivity index (χ1n) is 9.58. The minimum absolute atomic E-state index is 0.0893. The highest BCUT2D eigenvalue weighted by molar-refractivity contribution is 8.01. The fourth-order valence-electron chi connectivity index (χ4n) is 3.36. The van der Waals surface area contributed by atoms with Gasteiger partial charge in [0.05, 0.1) is 11.5 Å². The summed E-state index contributed by atoms with van der Waals surface area (Å²) in [5, 5.41) is 29.0. The Kier molecular flexibility index (Phi) is 8.60. The fraction of sp³-hybridized carbons (Fsp3) is 0.600. The Hall–Kier alpha value is -2.03. The van der Waals surface area contributed by atoms with E-state index in [4.69, 9.17) is 5.14 Å². The molecule has 3 atom stereocenters. The van der Waals surface area contributed by atoms with Crippen molar-refractivity contribution in [3.63, 3.8) is 0 Å². The maximum atomic E-state index is 12.7. The van der Waals surface area contributed by atoms with Crippen LogP contribution in [0.2, 0.25) is 0 Å². The van der Waals surface area contributed by atoms with Crippen molar-refractivity contribution < 1.29 is 41.1 Å². The number of tetrazole rings is 1. The van der Waals surface area contributed by atoms with Gasteiger partial charge in [-0.15, -0.1) is 16.9 Å². The van der Waals surface area contributed by atoms with Crippen LogP contribution in [0, 0.1) is 0 Å². The summed E-state index contributed by atoms with van der Waals surface area (Å²) in [6.07, 6.45) is 0.252. The number of aliphatic carboxylic acids is 1. The van der Waals surface area contributed by atoms with Crippen LogP contribution < -0.4 is 10.5 Å². The van der Waals surface area contributed by atoms with E-state index in [1.54, 1.807) is 0 Å². The van der Waals surface area contributed by atoms with Crippen LogP contribution in [0.4, 0.5) is 13.2 Å². The molecule has 2 unspecified atom stereocenters. The molecule has 1 saturated heterocycles. The van der Waals surface area contributed by atoms with Crippen molar-refractivity contribution in [3.05, 3.63) is 11.3 Å². The molecule has 2 amide bonds. The van der Waals surface area contributed by atoms with Gasteiger partial charge in [-0.1, -0.05) is 11.8 Å². The van der Waals surface area contributed by atoms with Crippen LogP contribution in [0.1, 0.15) is 12.8 Å². The van der Waals surface area contributed by atoms with Gasteiger partial charge in [0.2, 0.25) is 21.1 Å². The molecule has 0 spiro atoms. The number of β-lactam (4-membered cyclic amide) rings is 1. The van der Waals surface area contributed by atoms with Crippen molar-refractivity contribution >= 4 is 63.1 Å². The SMILES string of the molecule is NS(=O)(=O)CCCC(Sc1nnn[nH]1)C1=C(C(=O)O)N2C(=O)C(NC(=O)CSC(F)(F)F)[C@@H]2SC1. The maximum absolute atomic E-state index is 12.7. The normalized spacial score (nSPS) is 21.4. The van der Waals surface area contributed by atoms with E-state index < -0.39 is 67.5 Å². The molecule has 13 nitrogen and oxygen atoms in total. The number of aromatic amines is 1. The van der Waals surface area contributed by atoms with E-state index >= 15 is 0 Å². The van der Waals surface area contributed by atoms with E-state index in [0.29, 0.717) is 5.57 Å². The maximum Gasteiger partial charge on any atom is 0.442 e. The third-order valence-electron chi connectivity index (χ3n) is 4.75. The van der Waals surface area contributed by atoms with Crippen LogP contribution in [0.25, 0.3) is 0 Å². The summed E-state index contributed by atoms with van der Waals surface area (Å²) in [6.45, 7) is 0. The number of nitrogens with one attached hydrogen (secondary N) is 2. The van der Waals surface area contributed by atoms with E-state index in [-0.39, 0.29) is 35.2 Å². The number of sulfonamides is 1. The van der Waals surface area contributed by atoms with Crippen molar-refractivity contribution in [2.75, 3.05) is 17.3 Å². The van der Waals surface area contributed by atoms with Gasteiger partial charge in [-0.25, -0.2) is 23.4 Å². The number of alkyl halides is 3. The van der Waals surface area contributed by atoms with E-state index in [9.17, 15) is 41.1 Å². The molecule has 2 aliphatic rings. The van der Waals surface area contributed by atoms with Crippen LogP contribution in [-0.2, 0) is 24.4 Å².